The number of Topliss-reactive ketones (excluding diaryl/α,β-unsaturated/α-hetero) is 1. The number of allylic oxidation sites excluding steroid dienone is 1. The van der Waals surface area contributed by atoms with Crippen LogP contribution in [0.1, 0.15) is 37.7 Å². The van der Waals surface area contributed by atoms with Gasteiger partial charge in [-0.3, -0.25) is 9.59 Å². The maximum Gasteiger partial charge on any atom is 0.329 e. The second-order valence-corrected chi connectivity index (χ2v) is 9.54. The Balaban J connectivity index is 1.24. The van der Waals surface area contributed by atoms with Gasteiger partial charge in [0.1, 0.15) is 11.6 Å². The SMILES string of the molecule is Cc1nc2ccc(-n3ncc(C(=O)C4=Cc5cc(C(=O)N6CC(F)(F)C(F)(F)C6)ccc5C4)c3N)cc2[nH]1. The van der Waals surface area contributed by atoms with Crippen molar-refractivity contribution in [1.29, 1.82) is 0 Å². The molecule has 2 aromatic heterocycles. The summed E-state index contributed by atoms with van der Waals surface area (Å²) >= 11 is 0. The van der Waals surface area contributed by atoms with E-state index in [4.69, 9.17) is 5.73 Å². The number of amides is 1. The van der Waals surface area contributed by atoms with Crippen molar-refractivity contribution in [1.82, 2.24) is 24.6 Å². The molecule has 2 aliphatic rings. The van der Waals surface area contributed by atoms with Crippen LogP contribution in [0.5, 0.6) is 0 Å². The number of rotatable bonds is 4. The van der Waals surface area contributed by atoms with E-state index in [9.17, 15) is 27.2 Å². The first-order chi connectivity index (χ1) is 17.9. The van der Waals surface area contributed by atoms with Crippen molar-refractivity contribution in [2.45, 2.75) is 25.2 Å². The van der Waals surface area contributed by atoms with E-state index in [-0.39, 0.29) is 29.1 Å². The van der Waals surface area contributed by atoms with Crippen LogP contribution in [0.25, 0.3) is 22.8 Å². The van der Waals surface area contributed by atoms with Crippen molar-refractivity contribution in [2.75, 3.05) is 18.8 Å². The molecule has 2 aromatic carbocycles. The fourth-order valence-electron chi connectivity index (χ4n) is 4.87. The summed E-state index contributed by atoms with van der Waals surface area (Å²) in [5.41, 5.74) is 10.4. The number of H-pyrrole nitrogens is 1. The summed E-state index contributed by atoms with van der Waals surface area (Å²) in [5.74, 6) is -8.94. The Bertz CT molecular complexity index is 1670. The van der Waals surface area contributed by atoms with Gasteiger partial charge in [0.15, 0.2) is 5.78 Å². The normalized spacial score (nSPS) is 17.6. The number of ketones is 1. The number of fused-ring (bicyclic) bond motifs is 2. The van der Waals surface area contributed by atoms with Gasteiger partial charge < -0.3 is 15.6 Å². The molecule has 12 heteroatoms. The maximum absolute atomic E-state index is 13.6. The number of halogens is 4. The highest BCUT2D eigenvalue weighted by molar-refractivity contribution is 6.15. The van der Waals surface area contributed by atoms with Crippen LogP contribution in [0.4, 0.5) is 23.4 Å². The van der Waals surface area contributed by atoms with Crippen LogP contribution in [-0.2, 0) is 6.42 Å². The minimum Gasteiger partial charge on any atom is -0.383 e. The van der Waals surface area contributed by atoms with E-state index in [1.54, 1.807) is 18.2 Å². The monoisotopic (exact) mass is 524 g/mol. The smallest absolute Gasteiger partial charge is 0.329 e. The van der Waals surface area contributed by atoms with E-state index < -0.39 is 30.8 Å². The molecule has 1 aliphatic carbocycles. The maximum atomic E-state index is 13.6. The molecule has 1 saturated heterocycles. The van der Waals surface area contributed by atoms with Gasteiger partial charge in [-0.05, 0) is 54.5 Å². The number of hydrogen-bond acceptors (Lipinski definition) is 5. The lowest BCUT2D eigenvalue weighted by Crippen LogP contribution is -2.38. The van der Waals surface area contributed by atoms with Crippen molar-refractivity contribution >= 4 is 34.6 Å². The summed E-state index contributed by atoms with van der Waals surface area (Å²) in [6.45, 7) is -0.869. The molecule has 3 heterocycles. The highest BCUT2D eigenvalue weighted by atomic mass is 19.3. The quantitative estimate of drug-likeness (QED) is 0.307. The van der Waals surface area contributed by atoms with Crippen molar-refractivity contribution < 1.29 is 27.2 Å². The molecular formula is C26H20F4N6O2. The molecule has 0 unspecified atom stereocenters. The number of nitrogen functional groups attached to an aromatic ring is 1. The zero-order valence-corrected chi connectivity index (χ0v) is 19.9. The average molecular weight is 524 g/mol. The Morgan fingerprint density at radius 2 is 1.79 bits per heavy atom. The van der Waals surface area contributed by atoms with Gasteiger partial charge >= 0.3 is 11.8 Å². The topological polar surface area (TPSA) is 110 Å². The number of aromatic amines is 1. The summed E-state index contributed by atoms with van der Waals surface area (Å²) < 4.78 is 55.7. The molecule has 4 aromatic rings. The molecule has 1 aliphatic heterocycles. The van der Waals surface area contributed by atoms with E-state index in [2.05, 4.69) is 15.1 Å². The van der Waals surface area contributed by atoms with E-state index in [1.807, 2.05) is 19.1 Å². The number of aromatic nitrogens is 4. The number of hydrogen-bond donors (Lipinski definition) is 2. The molecule has 3 N–H and O–H groups in total. The zero-order chi connectivity index (χ0) is 27.0. The Morgan fingerprint density at radius 3 is 2.53 bits per heavy atom. The lowest BCUT2D eigenvalue weighted by atomic mass is 10.0. The molecule has 194 valence electrons. The predicted molar refractivity (Wildman–Crippen MR) is 131 cm³/mol. The fraction of sp³-hybridized carbons (Fsp3) is 0.231. The average Bonchev–Trinajstić information content (AvgIpc) is 3.60. The number of benzene rings is 2. The first-order valence-electron chi connectivity index (χ1n) is 11.7. The highest BCUT2D eigenvalue weighted by Crippen LogP contribution is 2.41. The van der Waals surface area contributed by atoms with Crippen LogP contribution in [0.2, 0.25) is 0 Å². The third-order valence-electron chi connectivity index (χ3n) is 6.88. The number of carbonyl (C=O) groups excluding carboxylic acids is 2. The molecule has 0 atom stereocenters. The number of aryl methyl sites for hydroxylation is 1. The van der Waals surface area contributed by atoms with Crippen LogP contribution in [0.15, 0.2) is 48.2 Å². The lowest BCUT2D eigenvalue weighted by molar-refractivity contribution is -0.172. The van der Waals surface area contributed by atoms with E-state index in [0.717, 1.165) is 22.4 Å². The number of nitrogens with two attached hydrogens (primary N) is 1. The van der Waals surface area contributed by atoms with Gasteiger partial charge in [0.2, 0.25) is 0 Å². The summed E-state index contributed by atoms with van der Waals surface area (Å²) in [6, 6.07) is 9.81. The number of nitrogens with zero attached hydrogens (tertiary/aromatic N) is 4. The van der Waals surface area contributed by atoms with Crippen molar-refractivity contribution in [3.8, 4) is 5.69 Å². The molecule has 0 saturated carbocycles. The number of alkyl halides is 4. The largest absolute Gasteiger partial charge is 0.383 e. The van der Waals surface area contributed by atoms with Crippen LogP contribution >= 0.6 is 0 Å². The van der Waals surface area contributed by atoms with E-state index in [0.29, 0.717) is 21.7 Å². The van der Waals surface area contributed by atoms with Gasteiger partial charge in [-0.1, -0.05) is 6.07 Å². The molecule has 38 heavy (non-hydrogen) atoms. The van der Waals surface area contributed by atoms with Gasteiger partial charge in [0.25, 0.3) is 5.91 Å². The van der Waals surface area contributed by atoms with Gasteiger partial charge in [-0.2, -0.15) is 22.7 Å². The number of anilines is 1. The molecule has 8 nitrogen and oxygen atoms in total. The van der Waals surface area contributed by atoms with Crippen LogP contribution in [0, 0.1) is 6.92 Å². The second kappa shape index (κ2) is 8.01. The Kier molecular flexibility index (Phi) is 5.03. The molecule has 0 bridgehead atoms. The third-order valence-corrected chi connectivity index (χ3v) is 6.88. The summed E-state index contributed by atoms with van der Waals surface area (Å²) in [5, 5.41) is 4.28. The first kappa shape index (κ1) is 23.9. The van der Waals surface area contributed by atoms with E-state index in [1.165, 1.54) is 23.0 Å². The number of likely N-dealkylation sites (tertiary alicyclic amines) is 1. The van der Waals surface area contributed by atoms with E-state index >= 15 is 0 Å². The van der Waals surface area contributed by atoms with Crippen LogP contribution in [-0.4, -0.2) is 61.3 Å². The zero-order valence-electron chi connectivity index (χ0n) is 19.9. The molecule has 6 rings (SSSR count). The van der Waals surface area contributed by atoms with Crippen molar-refractivity contribution in [3.05, 3.63) is 76.2 Å². The van der Waals surface area contributed by atoms with Crippen molar-refractivity contribution in [3.63, 3.8) is 0 Å². The number of nitrogens with one attached hydrogen (secondary N) is 1. The molecule has 1 amide bonds. The summed E-state index contributed by atoms with van der Waals surface area (Å²) in [6.07, 6.45) is 3.22. The fourth-order valence-corrected chi connectivity index (χ4v) is 4.87. The molecule has 0 radical (unpaired) electrons. The van der Waals surface area contributed by atoms with Gasteiger partial charge in [-0.15, -0.1) is 0 Å². The third kappa shape index (κ3) is 3.66. The summed E-state index contributed by atoms with van der Waals surface area (Å²) in [4.78, 5) is 33.9. The van der Waals surface area contributed by atoms with Gasteiger partial charge in [0, 0.05) is 17.6 Å². The highest BCUT2D eigenvalue weighted by Gasteiger charge is 2.63. The Labute approximate surface area is 212 Å². The lowest BCUT2D eigenvalue weighted by Gasteiger charge is -2.15. The van der Waals surface area contributed by atoms with Crippen molar-refractivity contribution in [2.24, 2.45) is 0 Å². The second-order valence-electron chi connectivity index (χ2n) is 9.54. The number of carbonyl (C=O) groups is 2. The predicted octanol–water partition coefficient (Wildman–Crippen LogP) is 4.19. The minimum atomic E-state index is -4.29. The minimum absolute atomic E-state index is 0.0148. The summed E-state index contributed by atoms with van der Waals surface area (Å²) in [7, 11) is 0. The molecule has 0 spiro atoms. The van der Waals surface area contributed by atoms with Crippen LogP contribution < -0.4 is 5.73 Å². The Hall–Kier alpha value is -4.48. The van der Waals surface area contributed by atoms with Gasteiger partial charge in [-0.25, -0.2) is 9.67 Å². The molecule has 1 fully saturated rings. The Morgan fingerprint density at radius 1 is 1.05 bits per heavy atom. The number of imidazole rings is 1. The van der Waals surface area contributed by atoms with Gasteiger partial charge in [0.05, 0.1) is 41.6 Å². The van der Waals surface area contributed by atoms with Crippen LogP contribution in [0.3, 0.4) is 0 Å². The molecular weight excluding hydrogens is 504 g/mol. The first-order valence-corrected chi connectivity index (χ1v) is 11.7. The standard InChI is InChI=1S/C26H20F4N6O2/c1-13-33-20-5-4-18(9-21(20)34-13)36-23(31)19(10-32-36)22(37)17-6-14-2-3-15(7-16(14)8-17)24(38)35-11-25(27,28)26(29,30)12-35/h2-5,7-10H,6,11-12,31H2,1H3,(H,33,34).